The van der Waals surface area contributed by atoms with Gasteiger partial charge >= 0.3 is 0 Å². The quantitative estimate of drug-likeness (QED) is 0.914. The van der Waals surface area contributed by atoms with Gasteiger partial charge < -0.3 is 5.32 Å². The van der Waals surface area contributed by atoms with Gasteiger partial charge in [-0.1, -0.05) is 6.07 Å². The highest BCUT2D eigenvalue weighted by Gasteiger charge is 2.18. The number of pyridine rings is 1. The summed E-state index contributed by atoms with van der Waals surface area (Å²) in [5.41, 5.74) is 2.83. The summed E-state index contributed by atoms with van der Waals surface area (Å²) < 4.78 is 27.4. The maximum absolute atomic E-state index is 12.4. The highest BCUT2D eigenvalue weighted by Crippen LogP contribution is 2.25. The fraction of sp³-hybridized carbons (Fsp3) is 0.267. The molecule has 0 spiro atoms. The molecule has 0 radical (unpaired) electrons. The van der Waals surface area contributed by atoms with Crippen molar-refractivity contribution in [1.82, 2.24) is 4.98 Å². The van der Waals surface area contributed by atoms with E-state index in [-0.39, 0.29) is 4.90 Å². The number of aryl methyl sites for hydroxylation is 2. The third-order valence-corrected chi connectivity index (χ3v) is 4.81. The van der Waals surface area contributed by atoms with Gasteiger partial charge in [-0.15, -0.1) is 0 Å². The first-order valence-electron chi connectivity index (χ1n) is 6.88. The van der Waals surface area contributed by atoms with Crippen LogP contribution in [0.25, 0.3) is 0 Å². The van der Waals surface area contributed by atoms with Crippen LogP contribution in [0.2, 0.25) is 0 Å². The highest BCUT2D eigenvalue weighted by molar-refractivity contribution is 7.92. The molecular weight excluding hydrogens is 286 g/mol. The lowest BCUT2D eigenvalue weighted by molar-refractivity contribution is 0.601. The average Bonchev–Trinajstić information content (AvgIpc) is 2.46. The lowest BCUT2D eigenvalue weighted by atomic mass is 10.0. The fourth-order valence-electron chi connectivity index (χ4n) is 2.41. The van der Waals surface area contributed by atoms with Crippen LogP contribution in [0.3, 0.4) is 0 Å². The summed E-state index contributed by atoms with van der Waals surface area (Å²) in [6.45, 7) is 2.76. The van der Waals surface area contributed by atoms with E-state index in [1.54, 1.807) is 24.3 Å². The van der Waals surface area contributed by atoms with E-state index in [9.17, 15) is 8.42 Å². The first kappa shape index (κ1) is 13.9. The monoisotopic (exact) mass is 303 g/mol. The van der Waals surface area contributed by atoms with Crippen LogP contribution < -0.4 is 10.0 Å². The first-order chi connectivity index (χ1) is 10.0. The largest absolute Gasteiger partial charge is 0.385 e. The summed E-state index contributed by atoms with van der Waals surface area (Å²) in [5.74, 6) is 0.339. The second-order valence-electron chi connectivity index (χ2n) is 5.12. The Morgan fingerprint density at radius 3 is 2.90 bits per heavy atom. The summed E-state index contributed by atoms with van der Waals surface area (Å²) in [6, 6.07) is 10.4. The topological polar surface area (TPSA) is 71.1 Å². The Labute approximate surface area is 124 Å². The average molecular weight is 303 g/mol. The summed E-state index contributed by atoms with van der Waals surface area (Å²) >= 11 is 0. The van der Waals surface area contributed by atoms with Crippen molar-refractivity contribution in [2.75, 3.05) is 16.6 Å². The van der Waals surface area contributed by atoms with E-state index in [2.05, 4.69) is 15.0 Å². The predicted molar refractivity (Wildman–Crippen MR) is 83.0 cm³/mol. The van der Waals surface area contributed by atoms with Crippen LogP contribution in [0.15, 0.2) is 41.3 Å². The number of hydrogen-bond donors (Lipinski definition) is 2. The number of sulfonamides is 1. The van der Waals surface area contributed by atoms with E-state index < -0.39 is 10.0 Å². The Morgan fingerprint density at radius 2 is 2.10 bits per heavy atom. The van der Waals surface area contributed by atoms with Gasteiger partial charge in [-0.05, 0) is 55.7 Å². The molecule has 2 heterocycles. The van der Waals surface area contributed by atoms with Crippen molar-refractivity contribution in [2.45, 2.75) is 24.7 Å². The zero-order chi connectivity index (χ0) is 14.9. The van der Waals surface area contributed by atoms with E-state index >= 15 is 0 Å². The molecule has 2 aromatic rings. The van der Waals surface area contributed by atoms with Crippen LogP contribution in [-0.4, -0.2) is 19.9 Å². The molecule has 5 nitrogen and oxygen atoms in total. The standard InChI is InChI=1S/C15H17N3O2S/c1-11-4-2-6-15(17-11)18-21(19,20)13-7-8-14-12(10-13)5-3-9-16-14/h2,4,6-8,10,16H,3,5,9H2,1H3,(H,17,18). The second kappa shape index (κ2) is 5.37. The highest BCUT2D eigenvalue weighted by atomic mass is 32.2. The molecule has 6 heteroatoms. The van der Waals surface area contributed by atoms with Crippen molar-refractivity contribution < 1.29 is 8.42 Å². The maximum atomic E-state index is 12.4. The lowest BCUT2D eigenvalue weighted by Gasteiger charge is -2.18. The van der Waals surface area contributed by atoms with E-state index in [1.807, 2.05) is 19.1 Å². The fourth-order valence-corrected chi connectivity index (χ4v) is 3.47. The molecule has 2 N–H and O–H groups in total. The SMILES string of the molecule is Cc1cccc(NS(=O)(=O)c2ccc3c(c2)CCCN3)n1. The predicted octanol–water partition coefficient (Wildman–Crippen LogP) is 2.55. The van der Waals surface area contributed by atoms with Crippen molar-refractivity contribution in [3.63, 3.8) is 0 Å². The number of aromatic nitrogens is 1. The summed E-state index contributed by atoms with van der Waals surface area (Å²) in [7, 11) is -3.60. The minimum absolute atomic E-state index is 0.272. The number of nitrogens with zero attached hydrogens (tertiary/aromatic N) is 1. The van der Waals surface area contributed by atoms with Crippen LogP contribution >= 0.6 is 0 Å². The van der Waals surface area contributed by atoms with E-state index in [1.165, 1.54) is 0 Å². The zero-order valence-electron chi connectivity index (χ0n) is 11.8. The molecule has 3 rings (SSSR count). The van der Waals surface area contributed by atoms with Crippen molar-refractivity contribution in [3.05, 3.63) is 47.7 Å². The molecular formula is C15H17N3O2S. The van der Waals surface area contributed by atoms with Gasteiger partial charge in [0.25, 0.3) is 10.0 Å². The molecule has 0 saturated heterocycles. The van der Waals surface area contributed by atoms with Gasteiger partial charge in [0.15, 0.2) is 0 Å². The summed E-state index contributed by atoms with van der Waals surface area (Å²) in [6.07, 6.45) is 1.91. The molecule has 0 amide bonds. The third-order valence-electron chi connectivity index (χ3n) is 3.45. The summed E-state index contributed by atoms with van der Waals surface area (Å²) in [4.78, 5) is 4.44. The van der Waals surface area contributed by atoms with Crippen LogP contribution in [0.4, 0.5) is 11.5 Å². The summed E-state index contributed by atoms with van der Waals surface area (Å²) in [5, 5.41) is 3.27. The minimum Gasteiger partial charge on any atom is -0.385 e. The molecule has 0 unspecified atom stereocenters. The van der Waals surface area contributed by atoms with E-state index in [0.29, 0.717) is 5.82 Å². The van der Waals surface area contributed by atoms with Crippen LogP contribution in [0.1, 0.15) is 17.7 Å². The van der Waals surface area contributed by atoms with Gasteiger partial charge in [-0.3, -0.25) is 4.72 Å². The van der Waals surface area contributed by atoms with Gasteiger partial charge in [-0.2, -0.15) is 0 Å². The van der Waals surface area contributed by atoms with Gasteiger partial charge in [0.05, 0.1) is 4.90 Å². The Morgan fingerprint density at radius 1 is 1.24 bits per heavy atom. The van der Waals surface area contributed by atoms with Gasteiger partial charge in [0.1, 0.15) is 5.82 Å². The van der Waals surface area contributed by atoms with Gasteiger partial charge in [-0.25, -0.2) is 13.4 Å². The molecule has 1 aliphatic rings. The number of anilines is 2. The molecule has 21 heavy (non-hydrogen) atoms. The first-order valence-corrected chi connectivity index (χ1v) is 8.36. The Balaban J connectivity index is 1.91. The lowest BCUT2D eigenvalue weighted by Crippen LogP contribution is -2.16. The van der Waals surface area contributed by atoms with Crippen LogP contribution in [0, 0.1) is 6.92 Å². The molecule has 0 fully saturated rings. The second-order valence-corrected chi connectivity index (χ2v) is 6.80. The van der Waals surface area contributed by atoms with E-state index in [0.717, 1.165) is 36.3 Å². The third kappa shape index (κ3) is 3.00. The molecule has 1 aliphatic heterocycles. The Bertz CT molecular complexity index is 772. The molecule has 110 valence electrons. The molecule has 1 aromatic heterocycles. The Kier molecular flexibility index (Phi) is 3.55. The molecule has 0 saturated carbocycles. The maximum Gasteiger partial charge on any atom is 0.263 e. The smallest absolute Gasteiger partial charge is 0.263 e. The number of hydrogen-bond acceptors (Lipinski definition) is 4. The van der Waals surface area contributed by atoms with Crippen molar-refractivity contribution >= 4 is 21.5 Å². The Hall–Kier alpha value is -2.08. The van der Waals surface area contributed by atoms with Crippen molar-refractivity contribution in [3.8, 4) is 0 Å². The molecule has 0 aliphatic carbocycles. The van der Waals surface area contributed by atoms with E-state index in [4.69, 9.17) is 0 Å². The van der Waals surface area contributed by atoms with Crippen LogP contribution in [-0.2, 0) is 16.4 Å². The van der Waals surface area contributed by atoms with Gasteiger partial charge in [0.2, 0.25) is 0 Å². The van der Waals surface area contributed by atoms with Crippen molar-refractivity contribution in [1.29, 1.82) is 0 Å². The number of rotatable bonds is 3. The van der Waals surface area contributed by atoms with Crippen molar-refractivity contribution in [2.24, 2.45) is 0 Å². The van der Waals surface area contributed by atoms with Crippen LogP contribution in [0.5, 0.6) is 0 Å². The minimum atomic E-state index is -3.60. The molecule has 0 atom stereocenters. The normalized spacial score (nSPS) is 14.1. The molecule has 0 bridgehead atoms. The molecule has 1 aromatic carbocycles. The number of benzene rings is 1. The zero-order valence-corrected chi connectivity index (χ0v) is 12.6. The number of nitrogens with one attached hydrogen (secondary N) is 2. The van der Waals surface area contributed by atoms with Gasteiger partial charge in [0, 0.05) is 17.9 Å². The number of fused-ring (bicyclic) bond motifs is 1.